The monoisotopic (exact) mass is 416 g/mol. The van der Waals surface area contributed by atoms with Crippen molar-refractivity contribution in [2.24, 2.45) is 0 Å². The van der Waals surface area contributed by atoms with Crippen LogP contribution in [0.5, 0.6) is 0 Å². The van der Waals surface area contributed by atoms with Gasteiger partial charge in [-0.05, 0) is 12.1 Å². The van der Waals surface area contributed by atoms with Gasteiger partial charge >= 0.3 is 11.8 Å². The van der Waals surface area contributed by atoms with Gasteiger partial charge in [-0.2, -0.15) is 4.31 Å². The second kappa shape index (κ2) is 9.54. The normalized spacial score (nSPS) is 17.2. The Hall–Kier alpha value is -2.61. The highest BCUT2D eigenvalue weighted by atomic mass is 32.2. The van der Waals surface area contributed by atoms with E-state index in [1.54, 1.807) is 0 Å². The number of nitrogens with zero attached hydrogens (tertiary/aromatic N) is 2. The third kappa shape index (κ3) is 5.22. The van der Waals surface area contributed by atoms with Gasteiger partial charge < -0.3 is 20.1 Å². The van der Waals surface area contributed by atoms with Crippen molar-refractivity contribution >= 4 is 27.5 Å². The summed E-state index contributed by atoms with van der Waals surface area (Å²) in [6, 6.07) is 4.44. The van der Waals surface area contributed by atoms with E-state index in [9.17, 15) is 28.1 Å². The fourth-order valence-electron chi connectivity index (χ4n) is 2.42. The summed E-state index contributed by atoms with van der Waals surface area (Å²) in [6.45, 7) is 0.310. The molecule has 1 aliphatic rings. The lowest BCUT2D eigenvalue weighted by Crippen LogP contribution is -2.47. The van der Waals surface area contributed by atoms with Crippen LogP contribution < -0.4 is 10.6 Å². The summed E-state index contributed by atoms with van der Waals surface area (Å²) >= 11 is 0. The summed E-state index contributed by atoms with van der Waals surface area (Å²) in [5.74, 6) is -1.81. The Balaban J connectivity index is 2.00. The molecule has 2 N–H and O–H groups in total. The molecule has 13 heteroatoms. The Kier molecular flexibility index (Phi) is 7.39. The molecule has 0 aromatic heterocycles. The Bertz CT molecular complexity index is 827. The summed E-state index contributed by atoms with van der Waals surface area (Å²) in [5.41, 5.74) is -0.236. The number of carbonyl (C=O) groups is 2. The summed E-state index contributed by atoms with van der Waals surface area (Å²) < 4.78 is 36.6. The highest BCUT2D eigenvalue weighted by Gasteiger charge is 2.36. The molecule has 2 rings (SSSR count). The minimum absolute atomic E-state index is 0.0416. The molecule has 1 atom stereocenters. The van der Waals surface area contributed by atoms with Crippen LogP contribution in [0.25, 0.3) is 0 Å². The molecular weight excluding hydrogens is 396 g/mol. The molecule has 0 bridgehead atoms. The number of amides is 2. The van der Waals surface area contributed by atoms with Gasteiger partial charge in [-0.25, -0.2) is 8.42 Å². The highest BCUT2D eigenvalue weighted by molar-refractivity contribution is 7.89. The van der Waals surface area contributed by atoms with Crippen molar-refractivity contribution in [1.82, 2.24) is 14.9 Å². The Morgan fingerprint density at radius 2 is 1.93 bits per heavy atom. The smallest absolute Gasteiger partial charge is 0.309 e. The van der Waals surface area contributed by atoms with Gasteiger partial charge in [0.25, 0.3) is 5.69 Å². The number of rotatable bonds is 8. The molecular formula is C15H20N4O8S. The van der Waals surface area contributed by atoms with Crippen LogP contribution in [0.15, 0.2) is 29.2 Å². The molecule has 1 heterocycles. The van der Waals surface area contributed by atoms with Crippen molar-refractivity contribution in [3.8, 4) is 0 Å². The third-order valence-corrected chi connectivity index (χ3v) is 5.74. The predicted molar refractivity (Wildman–Crippen MR) is 94.6 cm³/mol. The molecule has 1 saturated heterocycles. The quantitative estimate of drug-likeness (QED) is 0.232. The van der Waals surface area contributed by atoms with Crippen LogP contribution in [0.2, 0.25) is 0 Å². The van der Waals surface area contributed by atoms with E-state index >= 15 is 0 Å². The molecule has 0 unspecified atom stereocenters. The maximum absolute atomic E-state index is 12.7. The van der Waals surface area contributed by atoms with Crippen molar-refractivity contribution in [2.75, 3.05) is 40.0 Å². The Morgan fingerprint density at radius 1 is 1.29 bits per heavy atom. The largest absolute Gasteiger partial charge is 0.383 e. The maximum atomic E-state index is 12.7. The van der Waals surface area contributed by atoms with Gasteiger partial charge in [0, 0.05) is 32.3 Å². The van der Waals surface area contributed by atoms with Gasteiger partial charge in [0.1, 0.15) is 6.23 Å². The first-order valence-corrected chi connectivity index (χ1v) is 9.64. The number of methoxy groups -OCH3 is 1. The number of sulfonamides is 1. The molecule has 1 aromatic rings. The van der Waals surface area contributed by atoms with Gasteiger partial charge in [-0.1, -0.05) is 0 Å². The van der Waals surface area contributed by atoms with Crippen LogP contribution in [-0.2, 0) is 29.1 Å². The number of nitro groups is 1. The SMILES string of the molecule is COCCNC(=O)C(=O)NC[C@@H]1OCCN1S(=O)(=O)c1ccc([N+](=O)[O-])cc1. The topological polar surface area (TPSA) is 157 Å². The van der Waals surface area contributed by atoms with Crippen LogP contribution in [0, 0.1) is 10.1 Å². The zero-order chi connectivity index (χ0) is 20.7. The fourth-order valence-corrected chi connectivity index (χ4v) is 3.93. The van der Waals surface area contributed by atoms with E-state index in [2.05, 4.69) is 10.6 Å². The van der Waals surface area contributed by atoms with Gasteiger partial charge in [0.05, 0.1) is 29.6 Å². The summed E-state index contributed by atoms with van der Waals surface area (Å²) in [7, 11) is -2.55. The molecule has 1 aromatic carbocycles. The molecule has 28 heavy (non-hydrogen) atoms. The lowest BCUT2D eigenvalue weighted by molar-refractivity contribution is -0.384. The number of carbonyl (C=O) groups excluding carboxylic acids is 2. The lowest BCUT2D eigenvalue weighted by atomic mass is 10.3. The first kappa shape index (κ1) is 21.7. The fraction of sp³-hybridized carbons (Fsp3) is 0.467. The van der Waals surface area contributed by atoms with Crippen molar-refractivity contribution in [2.45, 2.75) is 11.1 Å². The third-order valence-electron chi connectivity index (χ3n) is 3.83. The predicted octanol–water partition coefficient (Wildman–Crippen LogP) is -1.18. The second-order valence-electron chi connectivity index (χ2n) is 5.65. The number of hydrogen-bond donors (Lipinski definition) is 2. The van der Waals surface area contributed by atoms with Crippen molar-refractivity contribution in [1.29, 1.82) is 0 Å². The number of benzene rings is 1. The summed E-state index contributed by atoms with van der Waals surface area (Å²) in [6.07, 6.45) is -1.00. The van der Waals surface area contributed by atoms with E-state index in [4.69, 9.17) is 9.47 Å². The number of nitro benzene ring substituents is 1. The number of non-ortho nitro benzene ring substituents is 1. The first-order chi connectivity index (χ1) is 13.3. The second-order valence-corrected chi connectivity index (χ2v) is 7.54. The number of hydrogen-bond acceptors (Lipinski definition) is 8. The average molecular weight is 416 g/mol. The van der Waals surface area contributed by atoms with Crippen LogP contribution in [0.4, 0.5) is 5.69 Å². The molecule has 1 fully saturated rings. The molecule has 0 saturated carbocycles. The molecule has 12 nitrogen and oxygen atoms in total. The van der Waals surface area contributed by atoms with E-state index in [1.165, 1.54) is 7.11 Å². The van der Waals surface area contributed by atoms with Gasteiger partial charge in [0.2, 0.25) is 10.0 Å². The van der Waals surface area contributed by atoms with Crippen molar-refractivity contribution < 1.29 is 32.4 Å². The summed E-state index contributed by atoms with van der Waals surface area (Å²) in [4.78, 5) is 33.3. The molecule has 0 radical (unpaired) electrons. The van der Waals surface area contributed by atoms with Crippen LogP contribution in [-0.4, -0.2) is 75.6 Å². The van der Waals surface area contributed by atoms with Crippen LogP contribution in [0.1, 0.15) is 0 Å². The molecule has 1 aliphatic heterocycles. The van der Waals surface area contributed by atoms with E-state index in [1.807, 2.05) is 0 Å². The van der Waals surface area contributed by atoms with E-state index in [0.717, 1.165) is 28.6 Å². The zero-order valence-electron chi connectivity index (χ0n) is 15.0. The van der Waals surface area contributed by atoms with Gasteiger partial charge in [-0.15, -0.1) is 0 Å². The van der Waals surface area contributed by atoms with Crippen LogP contribution in [0.3, 0.4) is 0 Å². The lowest BCUT2D eigenvalue weighted by Gasteiger charge is -2.22. The maximum Gasteiger partial charge on any atom is 0.309 e. The highest BCUT2D eigenvalue weighted by Crippen LogP contribution is 2.23. The van der Waals surface area contributed by atoms with E-state index < -0.39 is 33.0 Å². The summed E-state index contributed by atoms with van der Waals surface area (Å²) in [5, 5.41) is 15.4. The van der Waals surface area contributed by atoms with Crippen molar-refractivity contribution in [3.05, 3.63) is 34.4 Å². The number of nitrogens with one attached hydrogen (secondary N) is 2. The van der Waals surface area contributed by atoms with Gasteiger partial charge in [-0.3, -0.25) is 19.7 Å². The average Bonchev–Trinajstić information content (AvgIpc) is 3.15. The van der Waals surface area contributed by atoms with Crippen LogP contribution >= 0.6 is 0 Å². The molecule has 0 aliphatic carbocycles. The zero-order valence-corrected chi connectivity index (χ0v) is 15.8. The Morgan fingerprint density at radius 3 is 2.54 bits per heavy atom. The molecule has 154 valence electrons. The minimum atomic E-state index is -4.00. The number of ether oxygens (including phenoxy) is 2. The Labute approximate surface area is 161 Å². The first-order valence-electron chi connectivity index (χ1n) is 8.20. The van der Waals surface area contributed by atoms with Crippen molar-refractivity contribution in [3.63, 3.8) is 0 Å². The molecule has 2 amide bonds. The van der Waals surface area contributed by atoms with Gasteiger partial charge in [0.15, 0.2) is 0 Å². The van der Waals surface area contributed by atoms with E-state index in [0.29, 0.717) is 0 Å². The molecule has 0 spiro atoms. The minimum Gasteiger partial charge on any atom is -0.383 e. The standard InChI is InChI=1S/C15H20N4O8S/c1-26-8-6-16-14(20)15(21)17-10-13-18(7-9-27-13)28(24,25)12-4-2-11(3-5-12)19(22)23/h2-5,13H,6-10H2,1H3,(H,16,20)(H,17,21)/t13-/m0/s1. The van der Waals surface area contributed by atoms with E-state index in [-0.39, 0.29) is 43.4 Å².